The predicted octanol–water partition coefficient (Wildman–Crippen LogP) is 12.5. The minimum Gasteiger partial charge on any atom is -0.453 e. The van der Waals surface area contributed by atoms with Crippen LogP contribution in [0.5, 0.6) is 23.0 Å². The van der Waals surface area contributed by atoms with E-state index in [9.17, 15) is 0 Å². The van der Waals surface area contributed by atoms with Crippen LogP contribution in [-0.4, -0.2) is 9.97 Å². The van der Waals surface area contributed by atoms with Crippen LogP contribution in [0.25, 0.3) is 76.1 Å². The fraction of sp³-hybridized carbons (Fsp3) is 0. The monoisotopic (exact) mass is 663 g/mol. The highest BCUT2D eigenvalue weighted by molar-refractivity contribution is 7.26. The Labute approximate surface area is 287 Å². The average Bonchev–Trinajstić information content (AvgIpc) is 3.88. The van der Waals surface area contributed by atoms with Gasteiger partial charge in [-0.1, -0.05) is 54.6 Å². The van der Waals surface area contributed by atoms with Crippen molar-refractivity contribution >= 4 is 81.5 Å². The van der Waals surface area contributed by atoms with E-state index in [2.05, 4.69) is 59.5 Å². The van der Waals surface area contributed by atoms with Crippen molar-refractivity contribution in [3.05, 3.63) is 127 Å². The normalized spacial score (nSPS) is 13.1. The third kappa shape index (κ3) is 3.62. The molecule has 234 valence electrons. The van der Waals surface area contributed by atoms with Crippen molar-refractivity contribution in [2.24, 2.45) is 0 Å². The summed E-state index contributed by atoms with van der Waals surface area (Å²) in [7, 11) is 0. The lowest BCUT2D eigenvalue weighted by molar-refractivity contribution is 0.448. The number of rotatable bonds is 2. The van der Waals surface area contributed by atoms with E-state index in [1.807, 2.05) is 72.8 Å². The molecule has 2 aliphatic rings. The zero-order chi connectivity index (χ0) is 32.5. The molecule has 2 aliphatic heterocycles. The van der Waals surface area contributed by atoms with Crippen LogP contribution >= 0.6 is 11.3 Å². The van der Waals surface area contributed by atoms with Gasteiger partial charge in [-0.05, 0) is 83.6 Å². The standard InChI is InChI=1S/C42H21N3O4S/c1-2-8-23-21-37-27(17-22(23)7-1)26-14-16-31-39(40(26)50-37)47-36-20-25(42-44-29-10-4-6-12-33(29)49-42)19-35-38(36)45(31)30-15-13-24(18-34(30)46-35)41-43-28-9-3-5-11-32(28)48-41/h1-21H. The van der Waals surface area contributed by atoms with Gasteiger partial charge in [-0.15, -0.1) is 11.3 Å². The van der Waals surface area contributed by atoms with Gasteiger partial charge in [-0.25, -0.2) is 9.97 Å². The number of hydrogen-bond acceptors (Lipinski definition) is 8. The molecule has 0 radical (unpaired) electrons. The van der Waals surface area contributed by atoms with Crippen molar-refractivity contribution < 1.29 is 18.3 Å². The quantitative estimate of drug-likeness (QED) is 0.182. The van der Waals surface area contributed by atoms with Crippen molar-refractivity contribution in [2.45, 2.75) is 0 Å². The fourth-order valence-electron chi connectivity index (χ4n) is 7.35. The molecule has 0 aliphatic carbocycles. The van der Waals surface area contributed by atoms with Gasteiger partial charge in [0.25, 0.3) is 0 Å². The van der Waals surface area contributed by atoms with Gasteiger partial charge in [-0.3, -0.25) is 4.90 Å². The van der Waals surface area contributed by atoms with Gasteiger partial charge in [0.15, 0.2) is 34.2 Å². The number of hydrogen-bond donors (Lipinski definition) is 0. The van der Waals surface area contributed by atoms with E-state index in [1.54, 1.807) is 11.3 Å². The zero-order valence-electron chi connectivity index (χ0n) is 26.0. The maximum atomic E-state index is 6.94. The second kappa shape index (κ2) is 9.49. The number of benzene rings is 7. The first-order chi connectivity index (χ1) is 24.7. The molecule has 0 atom stereocenters. The molecule has 0 fully saturated rings. The van der Waals surface area contributed by atoms with Crippen LogP contribution in [-0.2, 0) is 0 Å². The van der Waals surface area contributed by atoms with Crippen LogP contribution < -0.4 is 14.4 Å². The molecule has 3 aromatic heterocycles. The Kier molecular flexibility index (Phi) is 5.00. The Morgan fingerprint density at radius 2 is 1.16 bits per heavy atom. The summed E-state index contributed by atoms with van der Waals surface area (Å²) in [6, 6.07) is 43.0. The highest BCUT2D eigenvalue weighted by Gasteiger charge is 2.37. The number of para-hydroxylation sites is 4. The summed E-state index contributed by atoms with van der Waals surface area (Å²) < 4.78 is 28.3. The largest absolute Gasteiger partial charge is 0.453 e. The molecule has 5 heterocycles. The minimum atomic E-state index is 0.493. The van der Waals surface area contributed by atoms with E-state index in [0.717, 1.165) is 66.2 Å². The molecule has 8 heteroatoms. The second-order valence-electron chi connectivity index (χ2n) is 12.6. The van der Waals surface area contributed by atoms with E-state index in [1.165, 1.54) is 20.9 Å². The molecule has 0 N–H and O–H groups in total. The molecule has 0 amide bonds. The number of ether oxygens (including phenoxy) is 2. The fourth-order valence-corrected chi connectivity index (χ4v) is 8.56. The van der Waals surface area contributed by atoms with Gasteiger partial charge >= 0.3 is 0 Å². The second-order valence-corrected chi connectivity index (χ2v) is 13.7. The van der Waals surface area contributed by atoms with E-state index >= 15 is 0 Å². The Hall–Kier alpha value is -6.64. The van der Waals surface area contributed by atoms with Crippen molar-refractivity contribution in [1.29, 1.82) is 0 Å². The number of anilines is 3. The van der Waals surface area contributed by atoms with Gasteiger partial charge in [0.1, 0.15) is 16.7 Å². The van der Waals surface area contributed by atoms with E-state index in [4.69, 9.17) is 28.3 Å². The number of fused-ring (bicyclic) bond motifs is 11. The maximum Gasteiger partial charge on any atom is 0.227 e. The average molecular weight is 664 g/mol. The molecule has 0 saturated carbocycles. The van der Waals surface area contributed by atoms with Crippen molar-refractivity contribution in [1.82, 2.24) is 9.97 Å². The summed E-state index contributed by atoms with van der Waals surface area (Å²) in [6.07, 6.45) is 0. The molecule has 50 heavy (non-hydrogen) atoms. The van der Waals surface area contributed by atoms with Crippen LogP contribution in [0, 0.1) is 0 Å². The minimum absolute atomic E-state index is 0.493. The van der Waals surface area contributed by atoms with Crippen LogP contribution in [0.15, 0.2) is 136 Å². The zero-order valence-corrected chi connectivity index (χ0v) is 26.8. The molecule has 0 saturated heterocycles. The molecule has 7 nitrogen and oxygen atoms in total. The summed E-state index contributed by atoms with van der Waals surface area (Å²) in [5.41, 5.74) is 7.28. The van der Waals surface area contributed by atoms with Gasteiger partial charge in [0, 0.05) is 26.6 Å². The van der Waals surface area contributed by atoms with Crippen LogP contribution in [0.4, 0.5) is 17.1 Å². The number of thiophene rings is 1. The SMILES string of the molecule is c1ccc2cc3c(cc2c1)sc1c2c(ccc13)N1c3ccc(-c4nc5ccccc5o4)cc3Oc3cc(-c4nc5ccccc5o4)cc(c31)O2. The summed E-state index contributed by atoms with van der Waals surface area (Å²) in [6.45, 7) is 0. The van der Waals surface area contributed by atoms with Crippen LogP contribution in [0.3, 0.4) is 0 Å². The lowest BCUT2D eigenvalue weighted by Crippen LogP contribution is -2.20. The summed E-state index contributed by atoms with van der Waals surface area (Å²) >= 11 is 1.75. The molecular formula is C42H21N3O4S. The smallest absolute Gasteiger partial charge is 0.227 e. The molecule has 12 rings (SSSR count). The molecule has 0 bridgehead atoms. The summed E-state index contributed by atoms with van der Waals surface area (Å²) in [5.74, 6) is 3.80. The highest BCUT2D eigenvalue weighted by Crippen LogP contribution is 2.63. The van der Waals surface area contributed by atoms with Crippen molar-refractivity contribution in [2.75, 3.05) is 4.90 Å². The predicted molar refractivity (Wildman–Crippen MR) is 198 cm³/mol. The Morgan fingerprint density at radius 3 is 1.92 bits per heavy atom. The lowest BCUT2D eigenvalue weighted by Gasteiger charge is -2.38. The highest BCUT2D eigenvalue weighted by atomic mass is 32.1. The third-order valence-electron chi connectivity index (χ3n) is 9.66. The topological polar surface area (TPSA) is 73.8 Å². The lowest BCUT2D eigenvalue weighted by atomic mass is 10.0. The maximum absolute atomic E-state index is 6.94. The first-order valence-electron chi connectivity index (χ1n) is 16.3. The Balaban J connectivity index is 1.10. The first-order valence-corrected chi connectivity index (χ1v) is 17.1. The molecule has 10 aromatic rings. The molecule has 0 unspecified atom stereocenters. The first kappa shape index (κ1) is 26.3. The number of oxazole rings is 2. The molecule has 0 spiro atoms. The summed E-state index contributed by atoms with van der Waals surface area (Å²) in [4.78, 5) is 11.8. The molecule has 7 aromatic carbocycles. The van der Waals surface area contributed by atoms with Gasteiger partial charge < -0.3 is 18.3 Å². The van der Waals surface area contributed by atoms with Crippen LogP contribution in [0.2, 0.25) is 0 Å². The van der Waals surface area contributed by atoms with Crippen LogP contribution in [0.1, 0.15) is 0 Å². The Morgan fingerprint density at radius 1 is 0.520 bits per heavy atom. The van der Waals surface area contributed by atoms with Gasteiger partial charge in [0.05, 0.1) is 16.1 Å². The van der Waals surface area contributed by atoms with Crippen molar-refractivity contribution in [3.8, 4) is 45.9 Å². The van der Waals surface area contributed by atoms with Crippen molar-refractivity contribution in [3.63, 3.8) is 0 Å². The number of nitrogens with zero attached hydrogens (tertiary/aromatic N) is 3. The van der Waals surface area contributed by atoms with E-state index in [0.29, 0.717) is 29.0 Å². The van der Waals surface area contributed by atoms with Gasteiger partial charge in [-0.2, -0.15) is 0 Å². The van der Waals surface area contributed by atoms with Gasteiger partial charge in [0.2, 0.25) is 11.8 Å². The van der Waals surface area contributed by atoms with E-state index in [-0.39, 0.29) is 0 Å². The summed E-state index contributed by atoms with van der Waals surface area (Å²) in [5, 5.41) is 4.81. The third-order valence-corrected chi connectivity index (χ3v) is 10.8. The van der Waals surface area contributed by atoms with E-state index < -0.39 is 0 Å². The molecular weight excluding hydrogens is 643 g/mol. The Bertz CT molecular complexity index is 3020. The number of aromatic nitrogens is 2.